The van der Waals surface area contributed by atoms with Crippen molar-refractivity contribution in [2.24, 2.45) is 5.92 Å². The first-order chi connectivity index (χ1) is 8.79. The SMILES string of the molecule is CC1CCN(c2sc(S(C)(=O)=O)cc2[N+](=O)[O-])CC1. The van der Waals surface area contributed by atoms with Gasteiger partial charge in [-0.3, -0.25) is 10.1 Å². The number of rotatable bonds is 3. The molecule has 0 radical (unpaired) electrons. The molecule has 2 rings (SSSR count). The maximum Gasteiger partial charge on any atom is 0.305 e. The monoisotopic (exact) mass is 304 g/mol. The van der Waals surface area contributed by atoms with Gasteiger partial charge < -0.3 is 4.90 Å². The highest BCUT2D eigenvalue weighted by molar-refractivity contribution is 7.92. The van der Waals surface area contributed by atoms with Crippen molar-refractivity contribution in [3.8, 4) is 0 Å². The van der Waals surface area contributed by atoms with Crippen LogP contribution < -0.4 is 4.90 Å². The first kappa shape index (κ1) is 14.3. The van der Waals surface area contributed by atoms with Crippen LogP contribution in [0, 0.1) is 16.0 Å². The van der Waals surface area contributed by atoms with E-state index in [1.165, 1.54) is 6.07 Å². The molecule has 0 saturated carbocycles. The standard InChI is InChI=1S/C11H16N2O4S2/c1-8-3-5-12(6-4-8)11-9(13(14)15)7-10(18-11)19(2,16)17/h7-8H,3-6H2,1-2H3. The van der Waals surface area contributed by atoms with Crippen LogP contribution in [0.4, 0.5) is 10.7 Å². The van der Waals surface area contributed by atoms with Gasteiger partial charge >= 0.3 is 5.69 Å². The summed E-state index contributed by atoms with van der Waals surface area (Å²) in [6.07, 6.45) is 3.02. The third-order valence-corrected chi connectivity index (χ3v) is 6.29. The van der Waals surface area contributed by atoms with Crippen LogP contribution in [0.2, 0.25) is 0 Å². The van der Waals surface area contributed by atoms with Gasteiger partial charge in [-0.25, -0.2) is 8.42 Å². The Morgan fingerprint density at radius 2 is 2.00 bits per heavy atom. The van der Waals surface area contributed by atoms with Gasteiger partial charge in [0.05, 0.1) is 4.92 Å². The number of hydrogen-bond donors (Lipinski definition) is 0. The van der Waals surface area contributed by atoms with Crippen LogP contribution in [-0.2, 0) is 9.84 Å². The van der Waals surface area contributed by atoms with Crippen LogP contribution in [-0.4, -0.2) is 32.7 Å². The van der Waals surface area contributed by atoms with E-state index in [0.717, 1.165) is 43.5 Å². The van der Waals surface area contributed by atoms with Crippen molar-refractivity contribution in [3.63, 3.8) is 0 Å². The summed E-state index contributed by atoms with van der Waals surface area (Å²) in [5.41, 5.74) is -0.0972. The predicted molar refractivity (Wildman–Crippen MR) is 74.7 cm³/mol. The second-order valence-corrected chi connectivity index (χ2v) is 8.23. The van der Waals surface area contributed by atoms with Crippen molar-refractivity contribution in [1.29, 1.82) is 0 Å². The van der Waals surface area contributed by atoms with Crippen LogP contribution >= 0.6 is 11.3 Å². The van der Waals surface area contributed by atoms with Crippen molar-refractivity contribution in [1.82, 2.24) is 0 Å². The Bertz CT molecular complexity index is 586. The Morgan fingerprint density at radius 3 is 2.47 bits per heavy atom. The van der Waals surface area contributed by atoms with Gasteiger partial charge in [0.15, 0.2) is 14.8 Å². The molecule has 0 aromatic carbocycles. The minimum absolute atomic E-state index is 0.0628. The number of sulfone groups is 1. The van der Waals surface area contributed by atoms with Crippen LogP contribution in [0.25, 0.3) is 0 Å². The van der Waals surface area contributed by atoms with Gasteiger partial charge in [0.2, 0.25) is 0 Å². The zero-order valence-corrected chi connectivity index (χ0v) is 12.5. The summed E-state index contributed by atoms with van der Waals surface area (Å²) in [6, 6.07) is 1.17. The second kappa shape index (κ2) is 5.09. The molecule has 2 heterocycles. The van der Waals surface area contributed by atoms with E-state index in [9.17, 15) is 18.5 Å². The highest BCUT2D eigenvalue weighted by atomic mass is 32.2. The van der Waals surface area contributed by atoms with E-state index in [0.29, 0.717) is 10.9 Å². The van der Waals surface area contributed by atoms with Gasteiger partial charge in [-0.05, 0) is 18.8 Å². The van der Waals surface area contributed by atoms with Crippen LogP contribution in [0.15, 0.2) is 10.3 Å². The van der Waals surface area contributed by atoms with Gasteiger partial charge in [0, 0.05) is 25.4 Å². The maximum atomic E-state index is 11.5. The molecule has 6 nitrogen and oxygen atoms in total. The average Bonchev–Trinajstić information content (AvgIpc) is 2.74. The second-order valence-electron chi connectivity index (χ2n) is 4.95. The Balaban J connectivity index is 2.38. The molecule has 0 amide bonds. The minimum Gasteiger partial charge on any atom is -0.358 e. The van der Waals surface area contributed by atoms with E-state index < -0.39 is 14.8 Å². The first-order valence-corrected chi connectivity index (χ1v) is 8.73. The van der Waals surface area contributed by atoms with E-state index in [2.05, 4.69) is 6.92 Å². The molecule has 1 aromatic heterocycles. The molecule has 0 atom stereocenters. The molecular formula is C11H16N2O4S2. The topological polar surface area (TPSA) is 80.5 Å². The number of nitro groups is 1. The molecule has 106 valence electrons. The van der Waals surface area contributed by atoms with E-state index in [-0.39, 0.29) is 9.90 Å². The molecule has 1 aliphatic heterocycles. The highest BCUT2D eigenvalue weighted by Crippen LogP contribution is 2.41. The van der Waals surface area contributed by atoms with Crippen molar-refractivity contribution >= 4 is 31.9 Å². The third-order valence-electron chi connectivity index (χ3n) is 3.30. The average molecular weight is 304 g/mol. The van der Waals surface area contributed by atoms with Crippen LogP contribution in [0.1, 0.15) is 19.8 Å². The quantitative estimate of drug-likeness (QED) is 0.632. The number of piperidine rings is 1. The number of thiophene rings is 1. The van der Waals surface area contributed by atoms with Crippen molar-refractivity contribution in [3.05, 3.63) is 16.2 Å². The predicted octanol–water partition coefficient (Wildman–Crippen LogP) is 2.30. The zero-order chi connectivity index (χ0) is 14.2. The molecule has 0 N–H and O–H groups in total. The lowest BCUT2D eigenvalue weighted by Crippen LogP contribution is -2.32. The minimum atomic E-state index is -3.40. The van der Waals surface area contributed by atoms with E-state index in [1.807, 2.05) is 4.90 Å². The molecule has 0 unspecified atom stereocenters. The zero-order valence-electron chi connectivity index (χ0n) is 10.8. The molecule has 1 aromatic rings. The Hall–Kier alpha value is -1.15. The molecule has 8 heteroatoms. The lowest BCUT2D eigenvalue weighted by atomic mass is 9.99. The number of hydrogen-bond acceptors (Lipinski definition) is 6. The van der Waals surface area contributed by atoms with Gasteiger partial charge in [-0.2, -0.15) is 0 Å². The molecule has 1 saturated heterocycles. The van der Waals surface area contributed by atoms with Gasteiger partial charge in [0.1, 0.15) is 4.21 Å². The van der Waals surface area contributed by atoms with Gasteiger partial charge in [-0.15, -0.1) is 0 Å². The van der Waals surface area contributed by atoms with Gasteiger partial charge in [0.25, 0.3) is 0 Å². The van der Waals surface area contributed by atoms with Crippen molar-refractivity contribution < 1.29 is 13.3 Å². The van der Waals surface area contributed by atoms with Crippen LogP contribution in [0.3, 0.4) is 0 Å². The lowest BCUT2D eigenvalue weighted by molar-refractivity contribution is -0.383. The fraction of sp³-hybridized carbons (Fsp3) is 0.636. The summed E-state index contributed by atoms with van der Waals surface area (Å²) in [5, 5.41) is 11.5. The van der Waals surface area contributed by atoms with Crippen molar-refractivity contribution in [2.75, 3.05) is 24.2 Å². The lowest BCUT2D eigenvalue weighted by Gasteiger charge is -2.30. The Morgan fingerprint density at radius 1 is 1.42 bits per heavy atom. The molecule has 0 spiro atoms. The molecule has 19 heavy (non-hydrogen) atoms. The largest absolute Gasteiger partial charge is 0.358 e. The van der Waals surface area contributed by atoms with Crippen LogP contribution in [0.5, 0.6) is 0 Å². The molecule has 1 aliphatic rings. The molecule has 0 aliphatic carbocycles. The van der Waals surface area contributed by atoms with E-state index in [4.69, 9.17) is 0 Å². The fourth-order valence-electron chi connectivity index (χ4n) is 2.10. The Labute approximate surface area is 116 Å². The molecular weight excluding hydrogens is 288 g/mol. The summed E-state index contributed by atoms with van der Waals surface area (Å²) in [5.74, 6) is 0.615. The Kier molecular flexibility index (Phi) is 3.82. The third kappa shape index (κ3) is 3.06. The van der Waals surface area contributed by atoms with Crippen molar-refractivity contribution in [2.45, 2.75) is 24.0 Å². The molecule has 0 bridgehead atoms. The highest BCUT2D eigenvalue weighted by Gasteiger charge is 2.29. The maximum absolute atomic E-state index is 11.5. The summed E-state index contributed by atoms with van der Waals surface area (Å²) < 4.78 is 23.1. The summed E-state index contributed by atoms with van der Waals surface area (Å²) in [6.45, 7) is 3.64. The first-order valence-electron chi connectivity index (χ1n) is 6.02. The summed E-state index contributed by atoms with van der Waals surface area (Å²) in [4.78, 5) is 12.5. The summed E-state index contributed by atoms with van der Waals surface area (Å²) >= 11 is 0.999. The number of nitrogens with zero attached hydrogens (tertiary/aromatic N) is 2. The smallest absolute Gasteiger partial charge is 0.305 e. The molecule has 1 fully saturated rings. The summed E-state index contributed by atoms with van der Waals surface area (Å²) in [7, 11) is -3.40. The number of anilines is 1. The fourth-order valence-corrected chi connectivity index (χ4v) is 4.18. The van der Waals surface area contributed by atoms with E-state index in [1.54, 1.807) is 0 Å². The van der Waals surface area contributed by atoms with E-state index >= 15 is 0 Å². The van der Waals surface area contributed by atoms with Gasteiger partial charge in [-0.1, -0.05) is 18.3 Å². The normalized spacial score (nSPS) is 17.7.